The summed E-state index contributed by atoms with van der Waals surface area (Å²) in [5.74, 6) is 0.311. The lowest BCUT2D eigenvalue weighted by molar-refractivity contribution is -0.119. The minimum absolute atomic E-state index is 0.0239. The van der Waals surface area contributed by atoms with E-state index in [1.165, 1.54) is 0 Å². The maximum atomic E-state index is 12.3. The Morgan fingerprint density at radius 2 is 1.93 bits per heavy atom. The van der Waals surface area contributed by atoms with Crippen LogP contribution in [0.25, 0.3) is 0 Å². The number of H-pyrrole nitrogens is 1. The molecule has 1 saturated carbocycles. The highest BCUT2D eigenvalue weighted by Crippen LogP contribution is 2.37. The molecule has 1 fully saturated rings. The zero-order chi connectivity index (χ0) is 18.9. The summed E-state index contributed by atoms with van der Waals surface area (Å²) >= 11 is 0. The minimum Gasteiger partial charge on any atom is -0.369 e. The first kappa shape index (κ1) is 15.8. The molecule has 0 spiro atoms. The maximum Gasteiger partial charge on any atom is 0.280 e. The van der Waals surface area contributed by atoms with Crippen LogP contribution in [0.2, 0.25) is 0 Å². The summed E-state index contributed by atoms with van der Waals surface area (Å²) in [6.45, 7) is 2.47. The summed E-state index contributed by atoms with van der Waals surface area (Å²) in [5, 5.41) is 12.1. The second-order valence-corrected chi connectivity index (χ2v) is 6.87. The molecular weight excluding hydrogens is 352 g/mol. The molecule has 0 bridgehead atoms. The van der Waals surface area contributed by atoms with Gasteiger partial charge in [-0.2, -0.15) is 4.98 Å². The topological polar surface area (TPSA) is 188 Å². The number of amides is 1. The van der Waals surface area contributed by atoms with Gasteiger partial charge in [0.25, 0.3) is 11.5 Å². The number of hydrogen-bond donors (Lipinski definition) is 7. The third kappa shape index (κ3) is 2.23. The number of nitrogens with one attached hydrogen (secondary N) is 5. The Balaban J connectivity index is 1.59. The lowest BCUT2D eigenvalue weighted by Gasteiger charge is -2.27. The number of rotatable bonds is 0. The van der Waals surface area contributed by atoms with Gasteiger partial charge in [0.1, 0.15) is 5.82 Å². The molecule has 12 heteroatoms. The van der Waals surface area contributed by atoms with Gasteiger partial charge in [0.15, 0.2) is 23.5 Å². The van der Waals surface area contributed by atoms with Crippen LogP contribution in [0.1, 0.15) is 6.92 Å². The fourth-order valence-corrected chi connectivity index (χ4v) is 3.99. The van der Waals surface area contributed by atoms with Crippen molar-refractivity contribution in [2.45, 2.75) is 19.3 Å². The number of fused-ring (bicyclic) bond motifs is 4. The van der Waals surface area contributed by atoms with Crippen LogP contribution in [-0.2, 0) is 4.79 Å². The number of carbonyl (C=O) groups is 1. The van der Waals surface area contributed by atoms with E-state index in [4.69, 9.17) is 11.5 Å². The van der Waals surface area contributed by atoms with E-state index in [1.54, 1.807) is 0 Å². The number of nitrogen functional groups attached to an aromatic ring is 1. The van der Waals surface area contributed by atoms with Crippen LogP contribution in [0.15, 0.2) is 26.3 Å². The molecule has 4 atom stereocenters. The monoisotopic (exact) mass is 370 g/mol. The molecule has 3 aliphatic heterocycles. The van der Waals surface area contributed by atoms with Crippen molar-refractivity contribution in [1.82, 2.24) is 25.9 Å². The standard InChI is InChI=1S/C15H18N10O2/c1-3-5-4(2-18-10-8(19-5)12(26)24-14(16)22-10)7-6(3)20-9-11(21-7)23-15(17)25-13(9)27/h3-4,7,14,18,22H,2,16H2,1H3,(H,24,26)(H4,17,21,23,25,27). The molecule has 0 aromatic carbocycles. The number of carbonyl (C=O) groups excluding carboxylic acids is 1. The van der Waals surface area contributed by atoms with E-state index in [9.17, 15) is 9.59 Å². The van der Waals surface area contributed by atoms with E-state index in [0.29, 0.717) is 18.2 Å². The Morgan fingerprint density at radius 3 is 2.74 bits per heavy atom. The van der Waals surface area contributed by atoms with E-state index in [1.807, 2.05) is 6.92 Å². The van der Waals surface area contributed by atoms with Crippen molar-refractivity contribution in [3.05, 3.63) is 21.9 Å². The van der Waals surface area contributed by atoms with Crippen molar-refractivity contribution in [3.8, 4) is 0 Å². The molecule has 0 saturated heterocycles. The highest BCUT2D eigenvalue weighted by atomic mass is 16.2. The second kappa shape index (κ2) is 5.30. The van der Waals surface area contributed by atoms with Crippen molar-refractivity contribution >= 4 is 34.8 Å². The lowest BCUT2D eigenvalue weighted by atomic mass is 10.0. The van der Waals surface area contributed by atoms with Crippen LogP contribution in [0.5, 0.6) is 0 Å². The molecule has 4 aliphatic rings. The second-order valence-electron chi connectivity index (χ2n) is 6.87. The predicted molar refractivity (Wildman–Crippen MR) is 98.1 cm³/mol. The molecule has 1 aromatic heterocycles. The van der Waals surface area contributed by atoms with Crippen LogP contribution in [0, 0.1) is 11.8 Å². The van der Waals surface area contributed by atoms with Crippen molar-refractivity contribution in [3.63, 3.8) is 0 Å². The molecule has 1 aromatic rings. The molecule has 0 radical (unpaired) electrons. The van der Waals surface area contributed by atoms with Gasteiger partial charge in [-0.15, -0.1) is 0 Å². The lowest BCUT2D eigenvalue weighted by Crippen LogP contribution is -2.57. The average Bonchev–Trinajstić information content (AvgIpc) is 2.75. The molecular formula is C15H18N10O2. The van der Waals surface area contributed by atoms with Crippen LogP contribution in [0.4, 0.5) is 17.5 Å². The van der Waals surface area contributed by atoms with E-state index in [0.717, 1.165) is 11.4 Å². The zero-order valence-electron chi connectivity index (χ0n) is 14.3. The molecule has 4 heterocycles. The highest BCUT2D eigenvalue weighted by molar-refractivity contribution is 6.21. The van der Waals surface area contributed by atoms with Crippen LogP contribution < -0.4 is 38.3 Å². The Labute approximate surface area is 152 Å². The van der Waals surface area contributed by atoms with Crippen LogP contribution in [-0.4, -0.2) is 46.2 Å². The van der Waals surface area contributed by atoms with E-state index in [-0.39, 0.29) is 41.1 Å². The molecule has 9 N–H and O–H groups in total. The summed E-state index contributed by atoms with van der Waals surface area (Å²) in [6, 6.07) is -0.203. The first-order chi connectivity index (χ1) is 12.9. The summed E-state index contributed by atoms with van der Waals surface area (Å²) in [4.78, 5) is 40.3. The summed E-state index contributed by atoms with van der Waals surface area (Å²) in [6.07, 6.45) is -0.671. The molecule has 1 amide bonds. The summed E-state index contributed by atoms with van der Waals surface area (Å²) in [7, 11) is 0. The number of aliphatic imine (C=N–C) groups is 2. The Kier molecular flexibility index (Phi) is 3.10. The smallest absolute Gasteiger partial charge is 0.280 e. The largest absolute Gasteiger partial charge is 0.369 e. The van der Waals surface area contributed by atoms with Gasteiger partial charge in [-0.3, -0.25) is 20.3 Å². The molecule has 1 aliphatic carbocycles. The molecule has 4 unspecified atom stereocenters. The van der Waals surface area contributed by atoms with Gasteiger partial charge in [-0.1, -0.05) is 6.92 Å². The molecule has 12 nitrogen and oxygen atoms in total. The van der Waals surface area contributed by atoms with Crippen molar-refractivity contribution in [2.24, 2.45) is 27.6 Å². The fraction of sp³-hybridized carbons (Fsp3) is 0.400. The molecule has 140 valence electrons. The van der Waals surface area contributed by atoms with Crippen LogP contribution >= 0.6 is 0 Å². The van der Waals surface area contributed by atoms with Gasteiger partial charge in [0.2, 0.25) is 5.95 Å². The zero-order valence-corrected chi connectivity index (χ0v) is 14.3. The molecule has 27 heavy (non-hydrogen) atoms. The van der Waals surface area contributed by atoms with Gasteiger partial charge in [-0.25, -0.2) is 9.98 Å². The van der Waals surface area contributed by atoms with Crippen LogP contribution in [0.3, 0.4) is 0 Å². The third-order valence-corrected chi connectivity index (χ3v) is 5.21. The van der Waals surface area contributed by atoms with E-state index < -0.39 is 11.8 Å². The van der Waals surface area contributed by atoms with Gasteiger partial charge in [-0.05, 0) is 0 Å². The number of nitrogens with zero attached hydrogens (tertiary/aromatic N) is 3. The predicted octanol–water partition coefficient (Wildman–Crippen LogP) is -2.34. The van der Waals surface area contributed by atoms with Gasteiger partial charge >= 0.3 is 0 Å². The minimum atomic E-state index is -0.671. The Hall–Kier alpha value is -3.41. The normalized spacial score (nSPS) is 30.8. The first-order valence-electron chi connectivity index (χ1n) is 8.57. The maximum absolute atomic E-state index is 12.3. The Bertz CT molecular complexity index is 1020. The van der Waals surface area contributed by atoms with Gasteiger partial charge in [0.05, 0.1) is 11.8 Å². The number of aromatic nitrogens is 2. The number of nitrogens with two attached hydrogens (primary N) is 2. The number of hydrogen-bond acceptors (Lipinski definition) is 10. The van der Waals surface area contributed by atoms with Crippen molar-refractivity contribution < 1.29 is 4.79 Å². The van der Waals surface area contributed by atoms with Crippen molar-refractivity contribution in [1.29, 1.82) is 0 Å². The van der Waals surface area contributed by atoms with Crippen molar-refractivity contribution in [2.75, 3.05) is 17.6 Å². The highest BCUT2D eigenvalue weighted by Gasteiger charge is 2.47. The van der Waals surface area contributed by atoms with E-state index >= 15 is 0 Å². The summed E-state index contributed by atoms with van der Waals surface area (Å²) < 4.78 is 0. The molecule has 5 rings (SSSR count). The SMILES string of the molecule is CC1C2=NC3=C(NCC2C2Nc4nc(N)[nH]c(=O)c4N=C12)NC(N)NC3=O. The van der Waals surface area contributed by atoms with E-state index in [2.05, 4.69) is 41.2 Å². The quantitative estimate of drug-likeness (QED) is 0.264. The summed E-state index contributed by atoms with van der Waals surface area (Å²) in [5.41, 5.74) is 13.1. The Morgan fingerprint density at radius 1 is 1.11 bits per heavy atom. The number of aromatic amines is 1. The fourth-order valence-electron chi connectivity index (χ4n) is 3.99. The number of anilines is 2. The van der Waals surface area contributed by atoms with Gasteiger partial charge in [0, 0.05) is 24.1 Å². The first-order valence-corrected chi connectivity index (χ1v) is 8.57. The van der Waals surface area contributed by atoms with Gasteiger partial charge < -0.3 is 27.0 Å². The third-order valence-electron chi connectivity index (χ3n) is 5.21. The average molecular weight is 370 g/mol.